The van der Waals surface area contributed by atoms with Crippen LogP contribution in [-0.2, 0) is 10.3 Å². The molecule has 152 valence electrons. The van der Waals surface area contributed by atoms with Crippen LogP contribution in [0.15, 0.2) is 61.2 Å². The molecule has 0 aromatic heterocycles. The molecule has 29 heavy (non-hydrogen) atoms. The van der Waals surface area contributed by atoms with E-state index < -0.39 is 11.7 Å². The maximum atomic E-state index is 13.3. The number of hydrogen-bond donors (Lipinski definition) is 1. The molecule has 1 fully saturated rings. The fourth-order valence-electron chi connectivity index (χ4n) is 3.71. The molecule has 2 amide bonds. The highest BCUT2D eigenvalue weighted by molar-refractivity contribution is 5.93. The zero-order valence-corrected chi connectivity index (χ0v) is 16.7. The minimum atomic E-state index is -0.841. The second-order valence-corrected chi connectivity index (χ2v) is 7.18. The van der Waals surface area contributed by atoms with E-state index in [1.54, 1.807) is 42.3 Å². The summed E-state index contributed by atoms with van der Waals surface area (Å²) in [4.78, 5) is 26.3. The summed E-state index contributed by atoms with van der Waals surface area (Å²) >= 11 is 0. The predicted octanol–water partition coefficient (Wildman–Crippen LogP) is 4.56. The molecular weight excluding hydrogens is 371 g/mol. The van der Waals surface area contributed by atoms with Crippen LogP contribution in [0.3, 0.4) is 0 Å². The van der Waals surface area contributed by atoms with Gasteiger partial charge in [0, 0.05) is 32.0 Å². The van der Waals surface area contributed by atoms with Crippen LogP contribution < -0.4 is 5.32 Å². The molecule has 2 atom stereocenters. The lowest BCUT2D eigenvalue weighted by Crippen LogP contribution is -2.48. The summed E-state index contributed by atoms with van der Waals surface area (Å²) in [6.45, 7) is 6.20. The van der Waals surface area contributed by atoms with Crippen LogP contribution in [0.2, 0.25) is 0 Å². The number of halogens is 1. The highest BCUT2D eigenvalue weighted by Gasteiger charge is 2.42. The van der Waals surface area contributed by atoms with Gasteiger partial charge < -0.3 is 15.0 Å². The smallest absolute Gasteiger partial charge is 0.411 e. The third-order valence-electron chi connectivity index (χ3n) is 5.47. The number of hydrogen-bond acceptors (Lipinski definition) is 3. The summed E-state index contributed by atoms with van der Waals surface area (Å²) < 4.78 is 19.2. The molecule has 5 nitrogen and oxygen atoms in total. The van der Waals surface area contributed by atoms with Gasteiger partial charge in [-0.15, -0.1) is 6.58 Å². The van der Waals surface area contributed by atoms with Gasteiger partial charge in [-0.3, -0.25) is 4.79 Å². The van der Waals surface area contributed by atoms with E-state index in [1.807, 2.05) is 19.1 Å². The van der Waals surface area contributed by atoms with Crippen molar-refractivity contribution in [3.05, 3.63) is 83.7 Å². The minimum Gasteiger partial charge on any atom is -0.437 e. The zero-order chi connectivity index (χ0) is 21.0. The van der Waals surface area contributed by atoms with Gasteiger partial charge in [-0.05, 0) is 42.3 Å². The van der Waals surface area contributed by atoms with Gasteiger partial charge >= 0.3 is 6.09 Å². The summed E-state index contributed by atoms with van der Waals surface area (Å²) in [5, 5.41) is 2.59. The highest BCUT2D eigenvalue weighted by atomic mass is 19.1. The zero-order valence-electron chi connectivity index (χ0n) is 16.7. The standard InChI is InChI=1S/C23H25FN2O3/c1-4-13-23(19-9-11-20(24)12-10-19)14-15-26(22(28)29-23)16(2)17-5-7-18(8-6-17)21(27)25-3/h4-12,16H,1,13-15H2,2-3H3,(H,25,27)/t16-,23?/m0/s1. The first-order valence-electron chi connectivity index (χ1n) is 9.59. The van der Waals surface area contributed by atoms with Crippen LogP contribution in [0, 0.1) is 5.82 Å². The summed E-state index contributed by atoms with van der Waals surface area (Å²) in [5.74, 6) is -0.491. The molecule has 0 aliphatic carbocycles. The number of ether oxygens (including phenoxy) is 1. The van der Waals surface area contributed by atoms with E-state index >= 15 is 0 Å². The van der Waals surface area contributed by atoms with Crippen molar-refractivity contribution in [2.24, 2.45) is 0 Å². The van der Waals surface area contributed by atoms with Crippen molar-refractivity contribution < 1.29 is 18.7 Å². The first-order chi connectivity index (χ1) is 13.9. The summed E-state index contributed by atoms with van der Waals surface area (Å²) in [6.07, 6.45) is 2.31. The van der Waals surface area contributed by atoms with Gasteiger partial charge in [0.2, 0.25) is 0 Å². The van der Waals surface area contributed by atoms with E-state index in [4.69, 9.17) is 4.74 Å². The predicted molar refractivity (Wildman–Crippen MR) is 109 cm³/mol. The Kier molecular flexibility index (Phi) is 6.01. The van der Waals surface area contributed by atoms with Crippen LogP contribution in [0.5, 0.6) is 0 Å². The fourth-order valence-corrected chi connectivity index (χ4v) is 3.71. The van der Waals surface area contributed by atoms with Crippen LogP contribution in [0.1, 0.15) is 47.3 Å². The van der Waals surface area contributed by atoms with Crippen LogP contribution >= 0.6 is 0 Å². The van der Waals surface area contributed by atoms with Gasteiger partial charge in [0.05, 0.1) is 6.04 Å². The summed E-state index contributed by atoms with van der Waals surface area (Å²) in [7, 11) is 1.58. The van der Waals surface area contributed by atoms with Gasteiger partial charge in [-0.1, -0.05) is 30.3 Å². The molecule has 0 bridgehead atoms. The molecule has 6 heteroatoms. The summed E-state index contributed by atoms with van der Waals surface area (Å²) in [6, 6.07) is 13.0. The van der Waals surface area contributed by atoms with E-state index in [0.717, 1.165) is 11.1 Å². The molecule has 0 radical (unpaired) electrons. The number of nitrogens with zero attached hydrogens (tertiary/aromatic N) is 1. The lowest BCUT2D eigenvalue weighted by atomic mass is 9.85. The Morgan fingerprint density at radius 3 is 2.48 bits per heavy atom. The number of carbonyl (C=O) groups excluding carboxylic acids is 2. The van der Waals surface area contributed by atoms with E-state index in [1.165, 1.54) is 12.1 Å². The Morgan fingerprint density at radius 2 is 1.93 bits per heavy atom. The maximum absolute atomic E-state index is 13.3. The van der Waals surface area contributed by atoms with E-state index in [0.29, 0.717) is 24.9 Å². The SMILES string of the molecule is C=CCC1(c2ccc(F)cc2)CCN([C@@H](C)c2ccc(C(=O)NC)cc2)C(=O)O1. The molecule has 1 aliphatic heterocycles. The molecule has 1 aliphatic rings. The Hall–Kier alpha value is -3.15. The minimum absolute atomic E-state index is 0.157. The second kappa shape index (κ2) is 8.47. The van der Waals surface area contributed by atoms with Crippen LogP contribution in [-0.4, -0.2) is 30.5 Å². The van der Waals surface area contributed by atoms with Gasteiger partial charge in [-0.25, -0.2) is 9.18 Å². The molecule has 1 saturated heterocycles. The third kappa shape index (κ3) is 4.16. The maximum Gasteiger partial charge on any atom is 0.411 e. The number of benzene rings is 2. The topological polar surface area (TPSA) is 58.6 Å². The molecule has 0 spiro atoms. The van der Waals surface area contributed by atoms with Crippen molar-refractivity contribution in [1.82, 2.24) is 10.2 Å². The Bertz CT molecular complexity index is 895. The van der Waals surface area contributed by atoms with E-state index in [-0.39, 0.29) is 17.8 Å². The molecule has 1 unspecified atom stereocenters. The molecule has 0 saturated carbocycles. The number of carbonyl (C=O) groups is 2. The first kappa shape index (κ1) is 20.6. The van der Waals surface area contributed by atoms with Gasteiger partial charge in [-0.2, -0.15) is 0 Å². The number of cyclic esters (lactones) is 1. The average molecular weight is 396 g/mol. The number of amides is 2. The van der Waals surface area contributed by atoms with Gasteiger partial charge in [0.1, 0.15) is 11.4 Å². The molecule has 2 aromatic rings. The first-order valence-corrected chi connectivity index (χ1v) is 9.59. The third-order valence-corrected chi connectivity index (χ3v) is 5.47. The lowest BCUT2D eigenvalue weighted by molar-refractivity contribution is -0.0588. The lowest BCUT2D eigenvalue weighted by Gasteiger charge is -2.43. The molecule has 1 N–H and O–H groups in total. The van der Waals surface area contributed by atoms with Gasteiger partial charge in [0.15, 0.2) is 0 Å². The van der Waals surface area contributed by atoms with Gasteiger partial charge in [0.25, 0.3) is 5.91 Å². The quantitative estimate of drug-likeness (QED) is 0.728. The second-order valence-electron chi connectivity index (χ2n) is 7.18. The average Bonchev–Trinajstić information content (AvgIpc) is 2.73. The Balaban J connectivity index is 1.79. The van der Waals surface area contributed by atoms with Crippen LogP contribution in [0.25, 0.3) is 0 Å². The monoisotopic (exact) mass is 396 g/mol. The van der Waals surface area contributed by atoms with Crippen LogP contribution in [0.4, 0.5) is 9.18 Å². The van der Waals surface area contributed by atoms with Crippen molar-refractivity contribution in [1.29, 1.82) is 0 Å². The van der Waals surface area contributed by atoms with Crippen molar-refractivity contribution in [3.8, 4) is 0 Å². The number of nitrogens with one attached hydrogen (secondary N) is 1. The van der Waals surface area contributed by atoms with E-state index in [9.17, 15) is 14.0 Å². The summed E-state index contributed by atoms with van der Waals surface area (Å²) in [5.41, 5.74) is 1.39. The number of rotatable bonds is 6. The molecule has 3 rings (SSSR count). The molecular formula is C23H25FN2O3. The molecule has 2 aromatic carbocycles. The van der Waals surface area contributed by atoms with Crippen molar-refractivity contribution in [3.63, 3.8) is 0 Å². The van der Waals surface area contributed by atoms with Crippen molar-refractivity contribution in [2.45, 2.75) is 31.4 Å². The molecule has 1 heterocycles. The van der Waals surface area contributed by atoms with Crippen molar-refractivity contribution >= 4 is 12.0 Å². The fraction of sp³-hybridized carbons (Fsp3) is 0.304. The normalized spacial score (nSPS) is 20.0. The Morgan fingerprint density at radius 1 is 1.28 bits per heavy atom. The van der Waals surface area contributed by atoms with Crippen molar-refractivity contribution in [2.75, 3.05) is 13.6 Å². The van der Waals surface area contributed by atoms with E-state index in [2.05, 4.69) is 11.9 Å². The largest absolute Gasteiger partial charge is 0.437 e. The Labute approximate surface area is 170 Å². The highest BCUT2D eigenvalue weighted by Crippen LogP contribution is 2.39.